The zero-order valence-electron chi connectivity index (χ0n) is 14.1. The second-order valence-electron chi connectivity index (χ2n) is 5.73. The lowest BCUT2D eigenvalue weighted by Gasteiger charge is -2.27. The average Bonchev–Trinajstić information content (AvgIpc) is 3.19. The Morgan fingerprint density at radius 1 is 1.23 bits per heavy atom. The van der Waals surface area contributed by atoms with Crippen LogP contribution >= 0.6 is 11.3 Å². The van der Waals surface area contributed by atoms with Gasteiger partial charge in [-0.3, -0.25) is 4.79 Å². The van der Waals surface area contributed by atoms with E-state index in [1.807, 2.05) is 16.8 Å². The largest absolute Gasteiger partial charge is 0.379 e. The number of sulfonamides is 1. The second-order valence-corrected chi connectivity index (χ2v) is 8.42. The van der Waals surface area contributed by atoms with Crippen LogP contribution in [0.15, 0.2) is 52.1 Å². The highest BCUT2D eigenvalue weighted by Gasteiger charge is 2.28. The summed E-state index contributed by atoms with van der Waals surface area (Å²) >= 11 is 1.56. The number of nitrogens with zero attached hydrogens (tertiary/aromatic N) is 1. The lowest BCUT2D eigenvalue weighted by molar-refractivity contribution is -0.116. The predicted molar refractivity (Wildman–Crippen MR) is 101 cm³/mol. The first-order valence-corrected chi connectivity index (χ1v) is 10.6. The molecule has 0 radical (unpaired) electrons. The molecule has 6 nitrogen and oxygen atoms in total. The number of hydrogen-bond donors (Lipinski definition) is 1. The van der Waals surface area contributed by atoms with Gasteiger partial charge in [-0.15, -0.1) is 0 Å². The first-order chi connectivity index (χ1) is 12.6. The molecule has 0 atom stereocenters. The Morgan fingerprint density at radius 3 is 2.73 bits per heavy atom. The lowest BCUT2D eigenvalue weighted by Crippen LogP contribution is -2.41. The number of carbonyl (C=O) groups excluding carboxylic acids is 1. The van der Waals surface area contributed by atoms with Gasteiger partial charge in [0, 0.05) is 25.7 Å². The molecule has 1 saturated heterocycles. The molecule has 0 saturated carbocycles. The van der Waals surface area contributed by atoms with Crippen LogP contribution in [0.25, 0.3) is 6.08 Å². The Labute approximate surface area is 157 Å². The van der Waals surface area contributed by atoms with Crippen molar-refractivity contribution in [2.45, 2.75) is 11.4 Å². The third kappa shape index (κ3) is 4.59. The van der Waals surface area contributed by atoms with Crippen LogP contribution in [0.2, 0.25) is 0 Å². The number of hydrogen-bond acceptors (Lipinski definition) is 5. The molecule has 3 rings (SSSR count). The van der Waals surface area contributed by atoms with E-state index in [0.29, 0.717) is 31.9 Å². The van der Waals surface area contributed by atoms with E-state index in [9.17, 15) is 13.2 Å². The Bertz CT molecular complexity index is 870. The third-order valence-corrected chi connectivity index (χ3v) is 6.68. The van der Waals surface area contributed by atoms with E-state index < -0.39 is 10.0 Å². The van der Waals surface area contributed by atoms with E-state index in [1.165, 1.54) is 10.4 Å². The number of morpholine rings is 1. The molecule has 1 amide bonds. The van der Waals surface area contributed by atoms with E-state index in [0.717, 1.165) is 5.56 Å². The second kappa shape index (κ2) is 8.59. The molecular formula is C18H20N2O4S2. The SMILES string of the molecule is O=C(/C=C/c1ccsc1)NCc1ccccc1S(=O)(=O)N1CCOCC1. The molecule has 138 valence electrons. The average molecular weight is 393 g/mol. The normalized spacial score (nSPS) is 16.0. The summed E-state index contributed by atoms with van der Waals surface area (Å²) in [6.07, 6.45) is 3.17. The summed E-state index contributed by atoms with van der Waals surface area (Å²) in [5.41, 5.74) is 1.52. The fraction of sp³-hybridized carbons (Fsp3) is 0.278. The predicted octanol–water partition coefficient (Wildman–Crippen LogP) is 2.10. The maximum atomic E-state index is 12.9. The van der Waals surface area contributed by atoms with Gasteiger partial charge < -0.3 is 10.1 Å². The van der Waals surface area contributed by atoms with Crippen molar-refractivity contribution in [2.24, 2.45) is 0 Å². The summed E-state index contributed by atoms with van der Waals surface area (Å²) in [5.74, 6) is -0.269. The van der Waals surface area contributed by atoms with Crippen molar-refractivity contribution in [3.63, 3.8) is 0 Å². The number of amides is 1. The molecule has 1 aliphatic heterocycles. The molecular weight excluding hydrogens is 372 g/mol. The van der Waals surface area contributed by atoms with Crippen LogP contribution in [-0.2, 0) is 26.1 Å². The Kier molecular flexibility index (Phi) is 6.20. The van der Waals surface area contributed by atoms with Gasteiger partial charge in [-0.05, 0) is 40.1 Å². The van der Waals surface area contributed by atoms with Crippen molar-refractivity contribution < 1.29 is 17.9 Å². The number of thiophene rings is 1. The third-order valence-electron chi connectivity index (χ3n) is 3.98. The van der Waals surface area contributed by atoms with E-state index in [2.05, 4.69) is 5.32 Å². The molecule has 8 heteroatoms. The number of rotatable bonds is 6. The van der Waals surface area contributed by atoms with E-state index >= 15 is 0 Å². The van der Waals surface area contributed by atoms with Crippen molar-refractivity contribution in [1.82, 2.24) is 9.62 Å². The van der Waals surface area contributed by atoms with Crippen molar-refractivity contribution >= 4 is 33.3 Å². The van der Waals surface area contributed by atoms with Crippen LogP contribution in [-0.4, -0.2) is 44.9 Å². The standard InChI is InChI=1S/C18H20N2O4S2/c21-18(6-5-15-7-12-25-14-15)19-13-16-3-1-2-4-17(16)26(22,23)20-8-10-24-11-9-20/h1-7,12,14H,8-11,13H2,(H,19,21)/b6-5+. The molecule has 1 aromatic carbocycles. The maximum absolute atomic E-state index is 12.9. The monoisotopic (exact) mass is 392 g/mol. The number of carbonyl (C=O) groups is 1. The fourth-order valence-corrected chi connectivity index (χ4v) is 4.87. The minimum absolute atomic E-state index is 0.145. The van der Waals surface area contributed by atoms with Gasteiger partial charge in [0.25, 0.3) is 0 Å². The molecule has 1 N–H and O–H groups in total. The van der Waals surface area contributed by atoms with Gasteiger partial charge in [0.15, 0.2) is 0 Å². The zero-order valence-corrected chi connectivity index (χ0v) is 15.8. The molecule has 0 bridgehead atoms. The summed E-state index contributed by atoms with van der Waals surface area (Å²) in [7, 11) is -3.60. The highest BCUT2D eigenvalue weighted by molar-refractivity contribution is 7.89. The molecule has 1 fully saturated rings. The molecule has 0 aliphatic carbocycles. The highest BCUT2D eigenvalue weighted by Crippen LogP contribution is 2.21. The van der Waals surface area contributed by atoms with Crippen LogP contribution in [0.1, 0.15) is 11.1 Å². The first-order valence-electron chi connectivity index (χ1n) is 8.21. The fourth-order valence-electron chi connectivity index (χ4n) is 2.61. The number of ether oxygens (including phenoxy) is 1. The Balaban J connectivity index is 1.70. The van der Waals surface area contributed by atoms with Crippen LogP contribution in [0.4, 0.5) is 0 Å². The quantitative estimate of drug-likeness (QED) is 0.764. The van der Waals surface area contributed by atoms with Crippen LogP contribution in [0.5, 0.6) is 0 Å². The van der Waals surface area contributed by atoms with Crippen LogP contribution in [0, 0.1) is 0 Å². The van der Waals surface area contributed by atoms with Gasteiger partial charge >= 0.3 is 0 Å². The van der Waals surface area contributed by atoms with Gasteiger partial charge in [0.1, 0.15) is 0 Å². The topological polar surface area (TPSA) is 75.7 Å². The molecule has 2 heterocycles. The maximum Gasteiger partial charge on any atom is 0.244 e. The molecule has 0 spiro atoms. The van der Waals surface area contributed by atoms with Crippen molar-refractivity contribution in [1.29, 1.82) is 0 Å². The van der Waals surface area contributed by atoms with Crippen LogP contribution < -0.4 is 5.32 Å². The Morgan fingerprint density at radius 2 is 2.00 bits per heavy atom. The molecule has 0 unspecified atom stereocenters. The zero-order chi connectivity index (χ0) is 18.4. The lowest BCUT2D eigenvalue weighted by atomic mass is 10.2. The molecule has 1 aromatic heterocycles. The van der Waals surface area contributed by atoms with Crippen molar-refractivity contribution in [3.8, 4) is 0 Å². The van der Waals surface area contributed by atoms with E-state index in [-0.39, 0.29) is 17.3 Å². The first kappa shape index (κ1) is 18.8. The summed E-state index contributed by atoms with van der Waals surface area (Å²) < 4.78 is 32.4. The van der Waals surface area contributed by atoms with E-state index in [1.54, 1.807) is 41.7 Å². The molecule has 2 aromatic rings. The van der Waals surface area contributed by atoms with Gasteiger partial charge in [0.05, 0.1) is 18.1 Å². The summed E-state index contributed by atoms with van der Waals surface area (Å²) in [5, 5.41) is 6.62. The summed E-state index contributed by atoms with van der Waals surface area (Å²) in [6.45, 7) is 1.61. The van der Waals surface area contributed by atoms with Gasteiger partial charge in [-0.25, -0.2) is 8.42 Å². The van der Waals surface area contributed by atoms with E-state index in [4.69, 9.17) is 4.74 Å². The summed E-state index contributed by atoms with van der Waals surface area (Å²) in [6, 6.07) is 8.67. The van der Waals surface area contributed by atoms with Crippen molar-refractivity contribution in [2.75, 3.05) is 26.3 Å². The minimum atomic E-state index is -3.60. The summed E-state index contributed by atoms with van der Waals surface area (Å²) in [4.78, 5) is 12.2. The Hall–Kier alpha value is -2.00. The molecule has 1 aliphatic rings. The molecule has 26 heavy (non-hydrogen) atoms. The van der Waals surface area contributed by atoms with Crippen LogP contribution in [0.3, 0.4) is 0 Å². The van der Waals surface area contributed by atoms with Gasteiger partial charge in [-0.1, -0.05) is 18.2 Å². The smallest absolute Gasteiger partial charge is 0.244 e. The highest BCUT2D eigenvalue weighted by atomic mass is 32.2. The number of nitrogens with one attached hydrogen (secondary N) is 1. The number of benzene rings is 1. The van der Waals surface area contributed by atoms with Gasteiger partial charge in [-0.2, -0.15) is 15.6 Å². The van der Waals surface area contributed by atoms with Gasteiger partial charge in [0.2, 0.25) is 15.9 Å². The minimum Gasteiger partial charge on any atom is -0.379 e. The van der Waals surface area contributed by atoms with Crippen molar-refractivity contribution in [3.05, 3.63) is 58.3 Å².